The number of aromatic nitrogens is 2. The van der Waals surface area contributed by atoms with Crippen LogP contribution in [0.25, 0.3) is 5.69 Å². The Morgan fingerprint density at radius 2 is 1.94 bits per heavy atom. The fraction of sp³-hybridized carbons (Fsp3) is 0.217. The largest absolute Gasteiger partial charge is 0.482 e. The van der Waals surface area contributed by atoms with Gasteiger partial charge in [0.2, 0.25) is 0 Å². The zero-order chi connectivity index (χ0) is 23.4. The predicted molar refractivity (Wildman–Crippen MR) is 117 cm³/mol. The highest BCUT2D eigenvalue weighted by Gasteiger charge is 2.25. The SMILES string of the molecule is Cc1cc(NC(=O)COC(=O)CCN2C(=O)COc3ccccc32)n(-c2ccc(F)cc2)n1. The van der Waals surface area contributed by atoms with Gasteiger partial charge in [0.25, 0.3) is 11.8 Å². The van der Waals surface area contributed by atoms with Crippen molar-refractivity contribution in [1.29, 1.82) is 0 Å². The normalized spacial score (nSPS) is 12.7. The monoisotopic (exact) mass is 452 g/mol. The Hall–Kier alpha value is -4.21. The maximum atomic E-state index is 13.2. The molecule has 2 aromatic carbocycles. The number of para-hydroxylation sites is 2. The van der Waals surface area contributed by atoms with Gasteiger partial charge < -0.3 is 19.7 Å². The number of hydrogen-bond donors (Lipinski definition) is 1. The van der Waals surface area contributed by atoms with Crippen molar-refractivity contribution < 1.29 is 28.2 Å². The van der Waals surface area contributed by atoms with Crippen LogP contribution in [0.15, 0.2) is 54.6 Å². The molecule has 2 amide bonds. The van der Waals surface area contributed by atoms with E-state index >= 15 is 0 Å². The first-order valence-corrected chi connectivity index (χ1v) is 10.2. The number of fused-ring (bicyclic) bond motifs is 1. The zero-order valence-corrected chi connectivity index (χ0v) is 17.8. The topological polar surface area (TPSA) is 103 Å². The Labute approximate surface area is 188 Å². The van der Waals surface area contributed by atoms with Gasteiger partial charge in [-0.1, -0.05) is 12.1 Å². The van der Waals surface area contributed by atoms with Crippen LogP contribution >= 0.6 is 0 Å². The minimum absolute atomic E-state index is 0.0834. The van der Waals surface area contributed by atoms with E-state index in [9.17, 15) is 18.8 Å². The molecule has 2 heterocycles. The van der Waals surface area contributed by atoms with E-state index in [1.54, 1.807) is 37.3 Å². The number of nitrogens with one attached hydrogen (secondary N) is 1. The third kappa shape index (κ3) is 5.17. The molecule has 9 nitrogen and oxygen atoms in total. The number of carbonyl (C=O) groups excluding carboxylic acids is 3. The standard InChI is InChI=1S/C23H21FN4O5/c1-15-12-20(28(26-15)17-8-6-16(24)7-9-17)25-21(29)13-33-23(31)10-11-27-18-4-2-3-5-19(18)32-14-22(27)30/h2-9,12H,10-11,13-14H2,1H3,(H,25,29). The van der Waals surface area contributed by atoms with Gasteiger partial charge in [-0.3, -0.25) is 14.4 Å². The highest BCUT2D eigenvalue weighted by Crippen LogP contribution is 2.31. The molecule has 0 unspecified atom stereocenters. The van der Waals surface area contributed by atoms with Crippen molar-refractivity contribution in [3.8, 4) is 11.4 Å². The Balaban J connectivity index is 1.31. The van der Waals surface area contributed by atoms with Crippen LogP contribution in [0.5, 0.6) is 5.75 Å². The molecule has 0 fully saturated rings. The number of esters is 1. The Morgan fingerprint density at radius 1 is 1.18 bits per heavy atom. The molecule has 0 radical (unpaired) electrons. The first kappa shape index (κ1) is 22.0. The van der Waals surface area contributed by atoms with Gasteiger partial charge in [-0.05, 0) is 43.3 Å². The van der Waals surface area contributed by atoms with Crippen LogP contribution in [0, 0.1) is 12.7 Å². The summed E-state index contributed by atoms with van der Waals surface area (Å²) in [5.41, 5.74) is 1.79. The minimum atomic E-state index is -0.620. The number of halogens is 1. The van der Waals surface area contributed by atoms with E-state index in [0.717, 1.165) is 0 Å². The number of hydrogen-bond acceptors (Lipinski definition) is 6. The number of ether oxygens (including phenoxy) is 2. The van der Waals surface area contributed by atoms with Crippen molar-refractivity contribution in [2.24, 2.45) is 0 Å². The second-order valence-corrected chi connectivity index (χ2v) is 7.32. The molecule has 0 saturated heterocycles. The molecule has 0 saturated carbocycles. The predicted octanol–water partition coefficient (Wildman–Crippen LogP) is 2.62. The Morgan fingerprint density at radius 3 is 2.73 bits per heavy atom. The Kier molecular flexibility index (Phi) is 6.34. The molecule has 33 heavy (non-hydrogen) atoms. The highest BCUT2D eigenvalue weighted by atomic mass is 19.1. The zero-order valence-electron chi connectivity index (χ0n) is 17.8. The van der Waals surface area contributed by atoms with Gasteiger partial charge in [0, 0.05) is 12.6 Å². The van der Waals surface area contributed by atoms with E-state index in [0.29, 0.717) is 28.6 Å². The van der Waals surface area contributed by atoms with E-state index in [2.05, 4.69) is 10.4 Å². The average Bonchev–Trinajstić information content (AvgIpc) is 3.17. The van der Waals surface area contributed by atoms with Crippen molar-refractivity contribution in [3.63, 3.8) is 0 Å². The van der Waals surface area contributed by atoms with Crippen molar-refractivity contribution in [2.75, 3.05) is 30.0 Å². The molecule has 0 spiro atoms. The fourth-order valence-corrected chi connectivity index (χ4v) is 3.37. The molecular formula is C23H21FN4O5. The van der Waals surface area contributed by atoms with Crippen LogP contribution in [0.2, 0.25) is 0 Å². The van der Waals surface area contributed by atoms with Crippen molar-refractivity contribution >= 4 is 29.3 Å². The number of benzene rings is 2. The third-order valence-corrected chi connectivity index (χ3v) is 4.88. The summed E-state index contributed by atoms with van der Waals surface area (Å²) in [7, 11) is 0. The quantitative estimate of drug-likeness (QED) is 0.553. The second-order valence-electron chi connectivity index (χ2n) is 7.32. The number of anilines is 2. The molecule has 0 aliphatic carbocycles. The smallest absolute Gasteiger partial charge is 0.308 e. The lowest BCUT2D eigenvalue weighted by atomic mass is 10.2. The molecular weight excluding hydrogens is 431 g/mol. The summed E-state index contributed by atoms with van der Waals surface area (Å²) in [5.74, 6) is -0.899. The Bertz CT molecular complexity index is 1190. The molecule has 4 rings (SSSR count). The van der Waals surface area contributed by atoms with E-state index in [4.69, 9.17) is 9.47 Å². The molecule has 1 aliphatic rings. The van der Waals surface area contributed by atoms with Gasteiger partial charge in [0.1, 0.15) is 17.4 Å². The number of carbonyl (C=O) groups is 3. The number of aryl methyl sites for hydroxylation is 1. The van der Waals surface area contributed by atoms with Crippen LogP contribution in [-0.2, 0) is 19.1 Å². The average molecular weight is 452 g/mol. The minimum Gasteiger partial charge on any atom is -0.482 e. The fourth-order valence-electron chi connectivity index (χ4n) is 3.37. The summed E-state index contributed by atoms with van der Waals surface area (Å²) < 4.78 is 25.1. The van der Waals surface area contributed by atoms with Crippen LogP contribution < -0.4 is 15.0 Å². The molecule has 0 atom stereocenters. The molecule has 10 heteroatoms. The maximum Gasteiger partial charge on any atom is 0.308 e. The summed E-state index contributed by atoms with van der Waals surface area (Å²) >= 11 is 0. The second kappa shape index (κ2) is 9.51. The molecule has 1 N–H and O–H groups in total. The van der Waals surface area contributed by atoms with Crippen molar-refractivity contribution in [3.05, 3.63) is 66.1 Å². The lowest BCUT2D eigenvalue weighted by Gasteiger charge is -2.28. The summed E-state index contributed by atoms with van der Waals surface area (Å²) in [4.78, 5) is 38.1. The van der Waals surface area contributed by atoms with E-state index in [1.165, 1.54) is 33.8 Å². The molecule has 170 valence electrons. The summed E-state index contributed by atoms with van der Waals surface area (Å²) in [6.45, 7) is 1.26. The number of rotatable bonds is 7. The van der Waals surface area contributed by atoms with Crippen LogP contribution in [0.4, 0.5) is 15.9 Å². The maximum absolute atomic E-state index is 13.2. The van der Waals surface area contributed by atoms with Gasteiger partial charge in [-0.2, -0.15) is 5.10 Å². The highest BCUT2D eigenvalue weighted by molar-refractivity contribution is 5.98. The van der Waals surface area contributed by atoms with Crippen LogP contribution in [-0.4, -0.2) is 47.3 Å². The van der Waals surface area contributed by atoms with Gasteiger partial charge >= 0.3 is 5.97 Å². The van der Waals surface area contributed by atoms with Crippen molar-refractivity contribution in [2.45, 2.75) is 13.3 Å². The number of nitrogens with zero attached hydrogens (tertiary/aromatic N) is 3. The van der Waals surface area contributed by atoms with Crippen molar-refractivity contribution in [1.82, 2.24) is 9.78 Å². The summed E-state index contributed by atoms with van der Waals surface area (Å²) in [5, 5.41) is 6.92. The van der Waals surface area contributed by atoms with Gasteiger partial charge in [-0.25, -0.2) is 9.07 Å². The molecule has 0 bridgehead atoms. The van der Waals surface area contributed by atoms with Gasteiger partial charge in [0.05, 0.1) is 23.5 Å². The molecule has 1 aromatic heterocycles. The van der Waals surface area contributed by atoms with E-state index < -0.39 is 18.5 Å². The molecule has 1 aliphatic heterocycles. The third-order valence-electron chi connectivity index (χ3n) is 4.88. The van der Waals surface area contributed by atoms with E-state index in [1.807, 2.05) is 0 Å². The first-order chi connectivity index (χ1) is 15.9. The first-order valence-electron chi connectivity index (χ1n) is 10.2. The van der Waals surface area contributed by atoms with Gasteiger partial charge in [-0.15, -0.1) is 0 Å². The summed E-state index contributed by atoms with van der Waals surface area (Å²) in [6, 6.07) is 14.3. The molecule has 3 aromatic rings. The van der Waals surface area contributed by atoms with Crippen LogP contribution in [0.1, 0.15) is 12.1 Å². The lowest BCUT2D eigenvalue weighted by Crippen LogP contribution is -2.40. The lowest BCUT2D eigenvalue weighted by molar-refractivity contribution is -0.147. The van der Waals surface area contributed by atoms with Gasteiger partial charge in [0.15, 0.2) is 13.2 Å². The van der Waals surface area contributed by atoms with Crippen LogP contribution in [0.3, 0.4) is 0 Å². The van der Waals surface area contributed by atoms with E-state index in [-0.39, 0.29) is 31.3 Å². The summed E-state index contributed by atoms with van der Waals surface area (Å²) in [6.07, 6.45) is -0.0834. The number of amides is 2.